The van der Waals surface area contributed by atoms with Crippen LogP contribution in [0.1, 0.15) is 11.6 Å². The van der Waals surface area contributed by atoms with Crippen molar-refractivity contribution in [3.63, 3.8) is 0 Å². The molecule has 0 saturated carbocycles. The number of benzene rings is 1. The minimum Gasteiger partial charge on any atom is -0.486 e. The van der Waals surface area contributed by atoms with E-state index in [1.165, 1.54) is 0 Å². The molecular weight excluding hydrogens is 254 g/mol. The second-order valence-corrected chi connectivity index (χ2v) is 5.27. The van der Waals surface area contributed by atoms with Crippen molar-refractivity contribution in [3.8, 4) is 17.6 Å². The lowest BCUT2D eigenvalue weighted by atomic mass is 10.0. The molecule has 0 aromatic heterocycles. The van der Waals surface area contributed by atoms with Gasteiger partial charge in [0, 0.05) is 26.2 Å². The molecule has 3 rings (SSSR count). The van der Waals surface area contributed by atoms with Crippen molar-refractivity contribution in [1.29, 1.82) is 5.26 Å². The topological polar surface area (TPSA) is 48.7 Å². The maximum atomic E-state index is 9.52. The fraction of sp³-hybridized carbons (Fsp3) is 0.533. The van der Waals surface area contributed by atoms with Crippen molar-refractivity contribution in [2.75, 3.05) is 46.4 Å². The molecule has 20 heavy (non-hydrogen) atoms. The first-order valence-electron chi connectivity index (χ1n) is 6.99. The molecule has 0 amide bonds. The monoisotopic (exact) mass is 273 g/mol. The van der Waals surface area contributed by atoms with Gasteiger partial charge in [-0.25, -0.2) is 0 Å². The number of ether oxygens (including phenoxy) is 2. The molecule has 1 saturated heterocycles. The molecular formula is C15H19N3O2. The molecule has 0 bridgehead atoms. The minimum absolute atomic E-state index is 0.209. The van der Waals surface area contributed by atoms with Gasteiger partial charge in [-0.3, -0.25) is 4.90 Å². The van der Waals surface area contributed by atoms with Crippen molar-refractivity contribution in [1.82, 2.24) is 9.80 Å². The van der Waals surface area contributed by atoms with E-state index >= 15 is 0 Å². The van der Waals surface area contributed by atoms with Gasteiger partial charge in [0.1, 0.15) is 19.3 Å². The van der Waals surface area contributed by atoms with Crippen LogP contribution in [0.25, 0.3) is 0 Å². The van der Waals surface area contributed by atoms with Crippen LogP contribution in [-0.4, -0.2) is 56.2 Å². The zero-order valence-electron chi connectivity index (χ0n) is 11.7. The molecule has 5 heteroatoms. The molecule has 5 nitrogen and oxygen atoms in total. The van der Waals surface area contributed by atoms with E-state index in [2.05, 4.69) is 22.9 Å². The van der Waals surface area contributed by atoms with Crippen LogP contribution in [0.15, 0.2) is 18.2 Å². The highest BCUT2D eigenvalue weighted by atomic mass is 16.6. The van der Waals surface area contributed by atoms with E-state index in [1.54, 1.807) is 0 Å². The quantitative estimate of drug-likeness (QED) is 0.812. The summed E-state index contributed by atoms with van der Waals surface area (Å²) < 4.78 is 11.1. The number of rotatable bonds is 2. The Morgan fingerprint density at radius 1 is 1.10 bits per heavy atom. The van der Waals surface area contributed by atoms with Gasteiger partial charge in [0.15, 0.2) is 11.5 Å². The third-order valence-electron chi connectivity index (χ3n) is 3.91. The first-order chi connectivity index (χ1) is 9.78. The maximum Gasteiger partial charge on any atom is 0.161 e. The van der Waals surface area contributed by atoms with Crippen LogP contribution in [0, 0.1) is 11.3 Å². The summed E-state index contributed by atoms with van der Waals surface area (Å²) in [5, 5.41) is 9.52. The lowest BCUT2D eigenvalue weighted by molar-refractivity contribution is 0.132. The molecule has 1 atom stereocenters. The zero-order chi connectivity index (χ0) is 13.9. The molecule has 2 aliphatic heterocycles. The smallest absolute Gasteiger partial charge is 0.161 e. The molecule has 2 aliphatic rings. The molecule has 1 aromatic carbocycles. The Morgan fingerprint density at radius 3 is 2.50 bits per heavy atom. The van der Waals surface area contributed by atoms with Crippen molar-refractivity contribution < 1.29 is 9.47 Å². The number of piperazine rings is 1. The van der Waals surface area contributed by atoms with Crippen LogP contribution in [0.5, 0.6) is 11.5 Å². The van der Waals surface area contributed by atoms with E-state index in [-0.39, 0.29) is 6.04 Å². The highest BCUT2D eigenvalue weighted by Gasteiger charge is 2.25. The third kappa shape index (κ3) is 2.58. The van der Waals surface area contributed by atoms with E-state index in [0.29, 0.717) is 13.2 Å². The van der Waals surface area contributed by atoms with Gasteiger partial charge in [0.2, 0.25) is 0 Å². The Morgan fingerprint density at radius 2 is 1.80 bits per heavy atom. The molecule has 0 spiro atoms. The molecule has 1 fully saturated rings. The summed E-state index contributed by atoms with van der Waals surface area (Å²) in [6.45, 7) is 5.01. The number of likely N-dealkylation sites (N-methyl/N-ethyl adjacent to an activating group) is 1. The van der Waals surface area contributed by atoms with Crippen molar-refractivity contribution >= 4 is 0 Å². The summed E-state index contributed by atoms with van der Waals surface area (Å²) >= 11 is 0. The van der Waals surface area contributed by atoms with Crippen molar-refractivity contribution in [2.24, 2.45) is 0 Å². The maximum absolute atomic E-state index is 9.52. The molecule has 0 aliphatic carbocycles. The summed E-state index contributed by atoms with van der Waals surface area (Å²) in [6.07, 6.45) is 0. The van der Waals surface area contributed by atoms with Gasteiger partial charge < -0.3 is 14.4 Å². The molecule has 2 heterocycles. The van der Waals surface area contributed by atoms with E-state index in [0.717, 1.165) is 43.2 Å². The predicted octanol–water partition coefficient (Wildman–Crippen LogP) is 1.27. The highest BCUT2D eigenvalue weighted by molar-refractivity contribution is 5.45. The van der Waals surface area contributed by atoms with Crippen LogP contribution >= 0.6 is 0 Å². The highest BCUT2D eigenvalue weighted by Crippen LogP contribution is 2.34. The van der Waals surface area contributed by atoms with Gasteiger partial charge in [-0.1, -0.05) is 6.07 Å². The fourth-order valence-electron chi connectivity index (χ4n) is 2.68. The third-order valence-corrected chi connectivity index (χ3v) is 3.91. The molecule has 0 radical (unpaired) electrons. The summed E-state index contributed by atoms with van der Waals surface area (Å²) in [5.74, 6) is 1.53. The fourth-order valence-corrected chi connectivity index (χ4v) is 2.68. The Hall–Kier alpha value is -1.77. The lowest BCUT2D eigenvalue weighted by Crippen LogP contribution is -2.45. The van der Waals surface area contributed by atoms with E-state index < -0.39 is 0 Å². The number of nitriles is 1. The first-order valence-corrected chi connectivity index (χ1v) is 6.99. The SMILES string of the molecule is CN1CCN(C(C#N)c2ccc3c(c2)OCCO3)CC1. The minimum atomic E-state index is -0.209. The van der Waals surface area contributed by atoms with Crippen LogP contribution in [-0.2, 0) is 0 Å². The van der Waals surface area contributed by atoms with Gasteiger partial charge in [0.05, 0.1) is 6.07 Å². The second-order valence-electron chi connectivity index (χ2n) is 5.27. The number of nitrogens with zero attached hydrogens (tertiary/aromatic N) is 3. The largest absolute Gasteiger partial charge is 0.486 e. The number of hydrogen-bond donors (Lipinski definition) is 0. The summed E-state index contributed by atoms with van der Waals surface area (Å²) in [4.78, 5) is 4.51. The number of fused-ring (bicyclic) bond motifs is 1. The average Bonchev–Trinajstić information content (AvgIpc) is 2.50. The molecule has 1 unspecified atom stereocenters. The number of hydrogen-bond acceptors (Lipinski definition) is 5. The zero-order valence-corrected chi connectivity index (χ0v) is 11.7. The average molecular weight is 273 g/mol. The second kappa shape index (κ2) is 5.70. The van der Waals surface area contributed by atoms with Gasteiger partial charge in [0.25, 0.3) is 0 Å². The van der Waals surface area contributed by atoms with Crippen LogP contribution in [0.3, 0.4) is 0 Å². The Kier molecular flexibility index (Phi) is 3.77. The normalized spacial score (nSPS) is 21.2. The van der Waals surface area contributed by atoms with Gasteiger partial charge in [-0.2, -0.15) is 5.26 Å². The summed E-state index contributed by atoms with van der Waals surface area (Å²) in [7, 11) is 2.11. The van der Waals surface area contributed by atoms with Crippen molar-refractivity contribution in [2.45, 2.75) is 6.04 Å². The van der Waals surface area contributed by atoms with Gasteiger partial charge >= 0.3 is 0 Å². The molecule has 1 aromatic rings. The Balaban J connectivity index is 1.81. The standard InChI is InChI=1S/C15H19N3O2/c1-17-4-6-18(7-5-17)13(11-16)12-2-3-14-15(10-12)20-9-8-19-14/h2-3,10,13H,4-9H2,1H3. The van der Waals surface area contributed by atoms with Gasteiger partial charge in [-0.15, -0.1) is 0 Å². The lowest BCUT2D eigenvalue weighted by Gasteiger charge is -2.35. The molecule has 106 valence electrons. The van der Waals surface area contributed by atoms with Crippen molar-refractivity contribution in [3.05, 3.63) is 23.8 Å². The first kappa shape index (κ1) is 13.2. The molecule has 0 N–H and O–H groups in total. The Labute approximate surface area is 119 Å². The Bertz CT molecular complexity index is 518. The predicted molar refractivity (Wildman–Crippen MR) is 74.9 cm³/mol. The van der Waals surface area contributed by atoms with Gasteiger partial charge in [-0.05, 0) is 24.7 Å². The van der Waals surface area contributed by atoms with E-state index in [9.17, 15) is 5.26 Å². The van der Waals surface area contributed by atoms with Crippen LogP contribution in [0.4, 0.5) is 0 Å². The van der Waals surface area contributed by atoms with Crippen LogP contribution < -0.4 is 9.47 Å². The summed E-state index contributed by atoms with van der Waals surface area (Å²) in [6, 6.07) is 8.04. The van der Waals surface area contributed by atoms with Crippen LogP contribution in [0.2, 0.25) is 0 Å². The van der Waals surface area contributed by atoms with E-state index in [1.807, 2.05) is 18.2 Å². The van der Waals surface area contributed by atoms with E-state index in [4.69, 9.17) is 9.47 Å². The summed E-state index contributed by atoms with van der Waals surface area (Å²) in [5.41, 5.74) is 0.987.